The number of hydrogen-bond donors (Lipinski definition) is 0. The fourth-order valence-corrected chi connectivity index (χ4v) is 3.63. The summed E-state index contributed by atoms with van der Waals surface area (Å²) in [6, 6.07) is 24.6. The van der Waals surface area contributed by atoms with Gasteiger partial charge in [-0.2, -0.15) is 0 Å². The number of benzene rings is 3. The Labute approximate surface area is 181 Å². The lowest BCUT2D eigenvalue weighted by atomic mass is 10.1. The lowest BCUT2D eigenvalue weighted by Crippen LogP contribution is -1.97. The quantitative estimate of drug-likeness (QED) is 0.320. The molecule has 2 aromatic heterocycles. The molecule has 0 bridgehead atoms. The Morgan fingerprint density at radius 3 is 2.58 bits per heavy atom. The van der Waals surface area contributed by atoms with Crippen LogP contribution in [-0.2, 0) is 19.6 Å². The summed E-state index contributed by atoms with van der Waals surface area (Å²) in [5.41, 5.74) is 5.19. The topological polar surface area (TPSA) is 53.1 Å². The van der Waals surface area contributed by atoms with Crippen LogP contribution in [0.25, 0.3) is 22.2 Å². The van der Waals surface area contributed by atoms with Crippen LogP contribution in [0.4, 0.5) is 0 Å². The van der Waals surface area contributed by atoms with E-state index in [9.17, 15) is 0 Å². The number of hydrogen-bond acceptors (Lipinski definition) is 4. The molecule has 154 valence electrons. The molecule has 31 heavy (non-hydrogen) atoms. The maximum absolute atomic E-state index is 5.89. The van der Waals surface area contributed by atoms with E-state index in [2.05, 4.69) is 50.9 Å². The summed E-state index contributed by atoms with van der Waals surface area (Å²) >= 11 is 0. The highest BCUT2D eigenvalue weighted by molar-refractivity contribution is 5.80. The normalized spacial score (nSPS) is 11.1. The van der Waals surface area contributed by atoms with Crippen LogP contribution in [0.1, 0.15) is 17.9 Å². The Morgan fingerprint density at radius 2 is 1.77 bits per heavy atom. The molecule has 0 saturated carbocycles. The van der Waals surface area contributed by atoms with Gasteiger partial charge < -0.3 is 13.7 Å². The Balaban J connectivity index is 1.18. The smallest absolute Gasteiger partial charge is 0.233 e. The number of rotatable bonds is 8. The van der Waals surface area contributed by atoms with E-state index in [0.717, 1.165) is 47.4 Å². The van der Waals surface area contributed by atoms with Gasteiger partial charge in [0.1, 0.15) is 11.3 Å². The van der Waals surface area contributed by atoms with E-state index >= 15 is 0 Å². The van der Waals surface area contributed by atoms with Crippen molar-refractivity contribution in [2.45, 2.75) is 26.0 Å². The minimum Gasteiger partial charge on any atom is -0.484 e. The molecule has 0 aliphatic heterocycles. The van der Waals surface area contributed by atoms with Crippen LogP contribution in [0.5, 0.6) is 5.75 Å². The highest BCUT2D eigenvalue weighted by atomic mass is 16.5. The first-order valence-electron chi connectivity index (χ1n) is 10.5. The van der Waals surface area contributed by atoms with E-state index in [4.69, 9.17) is 9.15 Å². The van der Waals surface area contributed by atoms with Gasteiger partial charge in [-0.25, -0.2) is 9.97 Å². The second kappa shape index (κ2) is 8.88. The fourth-order valence-electron chi connectivity index (χ4n) is 3.63. The van der Waals surface area contributed by atoms with Crippen molar-refractivity contribution in [2.75, 3.05) is 0 Å². The van der Waals surface area contributed by atoms with Gasteiger partial charge in [0.2, 0.25) is 5.89 Å². The third kappa shape index (κ3) is 4.67. The lowest BCUT2D eigenvalue weighted by Gasteiger charge is -2.06. The van der Waals surface area contributed by atoms with Gasteiger partial charge in [-0.05, 0) is 53.8 Å². The molecule has 0 aliphatic rings. The van der Waals surface area contributed by atoms with Crippen molar-refractivity contribution >= 4 is 11.1 Å². The summed E-state index contributed by atoms with van der Waals surface area (Å²) in [4.78, 5) is 8.67. The first kappa shape index (κ1) is 19.1. The molecule has 3 aromatic carbocycles. The number of imidazole rings is 1. The van der Waals surface area contributed by atoms with Gasteiger partial charge in [0.05, 0.1) is 6.33 Å². The predicted molar refractivity (Wildman–Crippen MR) is 121 cm³/mol. The van der Waals surface area contributed by atoms with Crippen molar-refractivity contribution in [1.29, 1.82) is 0 Å². The van der Waals surface area contributed by atoms with Crippen molar-refractivity contribution in [3.05, 3.63) is 103 Å². The predicted octanol–water partition coefficient (Wildman–Crippen LogP) is 5.90. The highest BCUT2D eigenvalue weighted by Gasteiger charge is 2.08. The fraction of sp³-hybridized carbons (Fsp3) is 0.154. The second-order valence-corrected chi connectivity index (χ2v) is 7.49. The molecule has 0 aliphatic carbocycles. The van der Waals surface area contributed by atoms with E-state index in [1.165, 1.54) is 5.56 Å². The Hall–Kier alpha value is -3.86. The zero-order valence-electron chi connectivity index (χ0n) is 17.1. The van der Waals surface area contributed by atoms with Gasteiger partial charge in [-0.3, -0.25) is 0 Å². The number of fused-ring (bicyclic) bond motifs is 1. The molecule has 5 nitrogen and oxygen atoms in total. The SMILES string of the molecule is c1ccc(-c2ccc3oc(COc4ccc(CCCn5ccnc5)cc4)nc3c2)cc1. The van der Waals surface area contributed by atoms with Crippen molar-refractivity contribution < 1.29 is 9.15 Å². The molecule has 0 unspecified atom stereocenters. The van der Waals surface area contributed by atoms with Gasteiger partial charge in [0.15, 0.2) is 12.2 Å². The summed E-state index contributed by atoms with van der Waals surface area (Å²) in [6.45, 7) is 1.28. The van der Waals surface area contributed by atoms with Crippen LogP contribution in [-0.4, -0.2) is 14.5 Å². The summed E-state index contributed by atoms with van der Waals surface area (Å²) in [7, 11) is 0. The lowest BCUT2D eigenvalue weighted by molar-refractivity contribution is 0.267. The number of aryl methyl sites for hydroxylation is 2. The van der Waals surface area contributed by atoms with Crippen molar-refractivity contribution in [3.63, 3.8) is 0 Å². The molecule has 0 atom stereocenters. The number of oxazole rings is 1. The maximum atomic E-state index is 5.89. The third-order valence-corrected chi connectivity index (χ3v) is 5.27. The van der Waals surface area contributed by atoms with Crippen molar-refractivity contribution in [3.8, 4) is 16.9 Å². The van der Waals surface area contributed by atoms with E-state index in [-0.39, 0.29) is 0 Å². The van der Waals surface area contributed by atoms with Crippen molar-refractivity contribution in [2.24, 2.45) is 0 Å². The van der Waals surface area contributed by atoms with Gasteiger partial charge in [0.25, 0.3) is 0 Å². The molecule has 0 N–H and O–H groups in total. The van der Waals surface area contributed by atoms with Gasteiger partial charge in [-0.15, -0.1) is 0 Å². The van der Waals surface area contributed by atoms with E-state index < -0.39 is 0 Å². The monoisotopic (exact) mass is 409 g/mol. The van der Waals surface area contributed by atoms with Gasteiger partial charge in [-0.1, -0.05) is 48.5 Å². The van der Waals surface area contributed by atoms with Crippen LogP contribution in [0.3, 0.4) is 0 Å². The molecule has 0 fully saturated rings. The summed E-state index contributed by atoms with van der Waals surface area (Å²) in [6.07, 6.45) is 7.75. The third-order valence-electron chi connectivity index (χ3n) is 5.27. The van der Waals surface area contributed by atoms with Crippen LogP contribution in [0, 0.1) is 0 Å². The van der Waals surface area contributed by atoms with E-state index in [1.807, 2.05) is 55.1 Å². The first-order chi connectivity index (χ1) is 15.3. The standard InChI is InChI=1S/C26H23N3O2/c1-2-6-21(7-3-1)22-10-13-25-24(17-22)28-26(31-25)18-30-23-11-8-20(9-12-23)5-4-15-29-16-14-27-19-29/h1-3,6-14,16-17,19H,4-5,15,18H2. The molecule has 0 radical (unpaired) electrons. The largest absolute Gasteiger partial charge is 0.484 e. The molecule has 0 saturated heterocycles. The molecule has 5 aromatic rings. The van der Waals surface area contributed by atoms with Gasteiger partial charge in [0, 0.05) is 18.9 Å². The number of aromatic nitrogens is 3. The maximum Gasteiger partial charge on any atom is 0.233 e. The first-order valence-corrected chi connectivity index (χ1v) is 10.5. The summed E-state index contributed by atoms with van der Waals surface area (Å²) in [5.74, 6) is 1.38. The Kier molecular flexibility index (Phi) is 5.48. The summed E-state index contributed by atoms with van der Waals surface area (Å²) in [5, 5.41) is 0. The molecule has 0 amide bonds. The molecule has 0 spiro atoms. The van der Waals surface area contributed by atoms with E-state index in [1.54, 1.807) is 0 Å². The zero-order chi connectivity index (χ0) is 20.9. The molecular weight excluding hydrogens is 386 g/mol. The van der Waals surface area contributed by atoms with Crippen LogP contribution in [0.15, 0.2) is 95.9 Å². The molecule has 5 heteroatoms. The highest BCUT2D eigenvalue weighted by Crippen LogP contribution is 2.25. The molecule has 2 heterocycles. The van der Waals surface area contributed by atoms with Gasteiger partial charge >= 0.3 is 0 Å². The zero-order valence-corrected chi connectivity index (χ0v) is 17.1. The average molecular weight is 409 g/mol. The Morgan fingerprint density at radius 1 is 0.903 bits per heavy atom. The van der Waals surface area contributed by atoms with Crippen LogP contribution in [0.2, 0.25) is 0 Å². The van der Waals surface area contributed by atoms with Crippen LogP contribution < -0.4 is 4.74 Å². The minimum absolute atomic E-state index is 0.301. The number of ether oxygens (including phenoxy) is 1. The molecule has 5 rings (SSSR count). The van der Waals surface area contributed by atoms with E-state index in [0.29, 0.717) is 12.5 Å². The van der Waals surface area contributed by atoms with Crippen molar-refractivity contribution in [1.82, 2.24) is 14.5 Å². The summed E-state index contributed by atoms with van der Waals surface area (Å²) < 4.78 is 13.8. The minimum atomic E-state index is 0.301. The number of nitrogens with zero attached hydrogens (tertiary/aromatic N) is 3. The second-order valence-electron chi connectivity index (χ2n) is 7.49. The average Bonchev–Trinajstić information content (AvgIpc) is 3.48. The Bertz CT molecular complexity index is 1240. The van der Waals surface area contributed by atoms with Crippen LogP contribution >= 0.6 is 0 Å². The molecular formula is C26H23N3O2.